The fraction of sp³-hybridized carbons (Fsp3) is 0.211. The largest absolute Gasteiger partial charge is 0.427 e. The van der Waals surface area contributed by atoms with E-state index < -0.39 is 34.6 Å². The van der Waals surface area contributed by atoms with Crippen LogP contribution >= 0.6 is 0 Å². The van der Waals surface area contributed by atoms with Crippen LogP contribution in [-0.4, -0.2) is 33.8 Å². The standard InChI is InChI=1S/C19H20N2O5S/c1-13(22)26-15-9-7-14(8-10-15)19(24)21-17(18(20)23)11-12-27(25)16-5-3-2-4-6-16/h2-10,17H,11-12H2,1H3,(H2,20,23)(H,21,24)/t17-,27+/m0/s1. The summed E-state index contributed by atoms with van der Waals surface area (Å²) in [7, 11) is -1.30. The van der Waals surface area contributed by atoms with Crippen molar-refractivity contribution in [3.63, 3.8) is 0 Å². The molecule has 142 valence electrons. The van der Waals surface area contributed by atoms with Gasteiger partial charge in [-0.1, -0.05) is 18.2 Å². The Kier molecular flexibility index (Phi) is 7.25. The van der Waals surface area contributed by atoms with E-state index in [9.17, 15) is 18.6 Å². The lowest BCUT2D eigenvalue weighted by atomic mass is 10.1. The molecule has 0 saturated heterocycles. The van der Waals surface area contributed by atoms with Crippen LogP contribution < -0.4 is 15.8 Å². The molecule has 0 fully saturated rings. The summed E-state index contributed by atoms with van der Waals surface area (Å²) in [5.41, 5.74) is 5.64. The van der Waals surface area contributed by atoms with Crippen molar-refractivity contribution in [3.05, 3.63) is 60.2 Å². The van der Waals surface area contributed by atoms with Crippen molar-refractivity contribution in [2.24, 2.45) is 5.73 Å². The van der Waals surface area contributed by atoms with Crippen molar-refractivity contribution in [1.29, 1.82) is 0 Å². The van der Waals surface area contributed by atoms with Crippen LogP contribution in [0.4, 0.5) is 0 Å². The molecule has 7 nitrogen and oxygen atoms in total. The van der Waals surface area contributed by atoms with E-state index in [2.05, 4.69) is 5.32 Å². The molecule has 0 aliphatic carbocycles. The Balaban J connectivity index is 1.96. The van der Waals surface area contributed by atoms with Crippen molar-refractivity contribution < 1.29 is 23.3 Å². The summed E-state index contributed by atoms with van der Waals surface area (Å²) in [6.07, 6.45) is 0.147. The molecule has 2 aromatic rings. The molecule has 0 bridgehead atoms. The van der Waals surface area contributed by atoms with Gasteiger partial charge < -0.3 is 15.8 Å². The van der Waals surface area contributed by atoms with Crippen LogP contribution in [-0.2, 0) is 20.4 Å². The molecule has 0 aliphatic rings. The second kappa shape index (κ2) is 9.63. The third kappa shape index (κ3) is 6.34. The molecule has 27 heavy (non-hydrogen) atoms. The molecule has 0 aliphatic heterocycles. The Labute approximate surface area is 159 Å². The van der Waals surface area contributed by atoms with Gasteiger partial charge in [0.15, 0.2) is 0 Å². The van der Waals surface area contributed by atoms with Gasteiger partial charge in [-0.25, -0.2) is 0 Å². The van der Waals surface area contributed by atoms with E-state index in [1.54, 1.807) is 24.3 Å². The molecule has 0 unspecified atom stereocenters. The van der Waals surface area contributed by atoms with Crippen molar-refractivity contribution in [1.82, 2.24) is 5.32 Å². The number of hydrogen-bond donors (Lipinski definition) is 2. The van der Waals surface area contributed by atoms with Crippen LogP contribution in [0.25, 0.3) is 0 Å². The molecule has 2 amide bonds. The zero-order chi connectivity index (χ0) is 19.8. The molecule has 0 aromatic heterocycles. The Morgan fingerprint density at radius 3 is 2.26 bits per heavy atom. The van der Waals surface area contributed by atoms with Gasteiger partial charge in [0.1, 0.15) is 11.8 Å². The SMILES string of the molecule is CC(=O)Oc1ccc(C(=O)N[C@@H](CC[S@@](=O)c2ccccc2)C(N)=O)cc1. The number of hydrogen-bond acceptors (Lipinski definition) is 5. The van der Waals surface area contributed by atoms with Crippen LogP contribution in [0.1, 0.15) is 23.7 Å². The lowest BCUT2D eigenvalue weighted by Crippen LogP contribution is -2.45. The fourth-order valence-electron chi connectivity index (χ4n) is 2.28. The lowest BCUT2D eigenvalue weighted by molar-refractivity contribution is -0.131. The van der Waals surface area contributed by atoms with Crippen LogP contribution in [0.3, 0.4) is 0 Å². The van der Waals surface area contributed by atoms with Crippen molar-refractivity contribution in [3.8, 4) is 5.75 Å². The molecule has 0 heterocycles. The minimum Gasteiger partial charge on any atom is -0.427 e. The highest BCUT2D eigenvalue weighted by molar-refractivity contribution is 7.85. The first-order chi connectivity index (χ1) is 12.9. The number of ether oxygens (including phenoxy) is 1. The van der Waals surface area contributed by atoms with Crippen molar-refractivity contribution in [2.75, 3.05) is 5.75 Å². The molecule has 0 saturated carbocycles. The van der Waals surface area contributed by atoms with Crippen LogP contribution in [0.15, 0.2) is 59.5 Å². The maximum atomic E-state index is 12.3. The first kappa shape index (κ1) is 20.3. The summed E-state index contributed by atoms with van der Waals surface area (Å²) in [6, 6.07) is 13.8. The summed E-state index contributed by atoms with van der Waals surface area (Å²) < 4.78 is 17.2. The van der Waals surface area contributed by atoms with Gasteiger partial charge in [0.05, 0.1) is 10.8 Å². The molecule has 3 N–H and O–H groups in total. The molecular formula is C19H20N2O5S. The zero-order valence-electron chi connectivity index (χ0n) is 14.7. The molecule has 0 radical (unpaired) electrons. The first-order valence-electron chi connectivity index (χ1n) is 8.19. The van der Waals surface area contributed by atoms with E-state index in [0.717, 1.165) is 0 Å². The molecule has 0 spiro atoms. The van der Waals surface area contributed by atoms with E-state index in [4.69, 9.17) is 10.5 Å². The number of benzene rings is 2. The highest BCUT2D eigenvalue weighted by Gasteiger charge is 2.20. The Hall–Kier alpha value is -3.00. The Morgan fingerprint density at radius 2 is 1.70 bits per heavy atom. The number of carbonyl (C=O) groups is 3. The molecule has 2 rings (SSSR count). The van der Waals surface area contributed by atoms with E-state index in [1.165, 1.54) is 31.2 Å². The van der Waals surface area contributed by atoms with Crippen molar-refractivity contribution >= 4 is 28.6 Å². The van der Waals surface area contributed by atoms with Gasteiger partial charge in [0, 0.05) is 23.1 Å². The highest BCUT2D eigenvalue weighted by atomic mass is 32.2. The number of esters is 1. The van der Waals surface area contributed by atoms with Gasteiger partial charge in [-0.3, -0.25) is 18.6 Å². The maximum Gasteiger partial charge on any atom is 0.308 e. The average Bonchev–Trinajstić information content (AvgIpc) is 2.65. The van der Waals surface area contributed by atoms with Gasteiger partial charge in [0.25, 0.3) is 5.91 Å². The Morgan fingerprint density at radius 1 is 1.07 bits per heavy atom. The molecule has 2 atom stereocenters. The van der Waals surface area contributed by atoms with Gasteiger partial charge in [-0.15, -0.1) is 0 Å². The average molecular weight is 388 g/mol. The Bertz CT molecular complexity index is 837. The number of carbonyl (C=O) groups excluding carboxylic acids is 3. The van der Waals surface area contributed by atoms with Gasteiger partial charge in [0.2, 0.25) is 5.91 Å². The first-order valence-corrected chi connectivity index (χ1v) is 9.51. The van der Waals surface area contributed by atoms with Crippen molar-refractivity contribution in [2.45, 2.75) is 24.3 Å². The van der Waals surface area contributed by atoms with E-state index in [0.29, 0.717) is 10.6 Å². The molecule has 2 aromatic carbocycles. The number of nitrogens with two attached hydrogens (primary N) is 1. The van der Waals surface area contributed by atoms with E-state index in [1.807, 2.05) is 6.07 Å². The second-order valence-electron chi connectivity index (χ2n) is 5.70. The van der Waals surface area contributed by atoms with Crippen LogP contribution in [0, 0.1) is 0 Å². The van der Waals surface area contributed by atoms with E-state index >= 15 is 0 Å². The number of primary amides is 1. The fourth-order valence-corrected chi connectivity index (χ4v) is 3.43. The van der Waals surface area contributed by atoms with Crippen LogP contribution in [0.2, 0.25) is 0 Å². The van der Waals surface area contributed by atoms with Gasteiger partial charge in [-0.05, 0) is 42.8 Å². The quantitative estimate of drug-likeness (QED) is 0.524. The highest BCUT2D eigenvalue weighted by Crippen LogP contribution is 2.13. The summed E-state index contributed by atoms with van der Waals surface area (Å²) >= 11 is 0. The number of nitrogens with one attached hydrogen (secondary N) is 1. The normalized spacial score (nSPS) is 12.6. The molecule has 8 heteroatoms. The minimum atomic E-state index is -1.30. The lowest BCUT2D eigenvalue weighted by Gasteiger charge is -2.15. The summed E-state index contributed by atoms with van der Waals surface area (Å²) in [5, 5.41) is 2.54. The summed E-state index contributed by atoms with van der Waals surface area (Å²) in [5.74, 6) is -1.18. The third-order valence-electron chi connectivity index (χ3n) is 3.62. The second-order valence-corrected chi connectivity index (χ2v) is 7.27. The summed E-state index contributed by atoms with van der Waals surface area (Å²) in [6.45, 7) is 1.28. The van der Waals surface area contributed by atoms with E-state index in [-0.39, 0.29) is 17.7 Å². The number of amides is 2. The maximum absolute atomic E-state index is 12.3. The monoisotopic (exact) mass is 388 g/mol. The predicted molar refractivity (Wildman–Crippen MR) is 101 cm³/mol. The number of rotatable bonds is 8. The van der Waals surface area contributed by atoms with Gasteiger partial charge in [-0.2, -0.15) is 0 Å². The van der Waals surface area contributed by atoms with Crippen LogP contribution in [0.5, 0.6) is 5.75 Å². The smallest absolute Gasteiger partial charge is 0.308 e. The van der Waals surface area contributed by atoms with Gasteiger partial charge >= 0.3 is 5.97 Å². The molecular weight excluding hydrogens is 368 g/mol. The summed E-state index contributed by atoms with van der Waals surface area (Å²) in [4.78, 5) is 35.5. The minimum absolute atomic E-state index is 0.147. The topological polar surface area (TPSA) is 116 Å². The zero-order valence-corrected chi connectivity index (χ0v) is 15.5. The predicted octanol–water partition coefficient (Wildman–Crippen LogP) is 1.39. The third-order valence-corrected chi connectivity index (χ3v) is 5.03.